The van der Waals surface area contributed by atoms with E-state index in [1.807, 2.05) is 30.3 Å². The van der Waals surface area contributed by atoms with E-state index in [-0.39, 0.29) is 0 Å². The van der Waals surface area contributed by atoms with Crippen LogP contribution in [0.15, 0.2) is 42.5 Å². The lowest BCUT2D eigenvalue weighted by atomic mass is 9.97. The van der Waals surface area contributed by atoms with Crippen LogP contribution in [0.3, 0.4) is 0 Å². The highest BCUT2D eigenvalue weighted by atomic mass is 16.3. The molecular formula is C17H20O2. The van der Waals surface area contributed by atoms with Crippen molar-refractivity contribution in [3.8, 4) is 11.5 Å². The first kappa shape index (κ1) is 13.5. The van der Waals surface area contributed by atoms with Crippen molar-refractivity contribution in [2.75, 3.05) is 0 Å². The first-order valence-corrected chi connectivity index (χ1v) is 6.64. The third-order valence-electron chi connectivity index (χ3n) is 3.16. The van der Waals surface area contributed by atoms with Crippen LogP contribution in [0.5, 0.6) is 11.5 Å². The molecule has 0 fully saturated rings. The van der Waals surface area contributed by atoms with Crippen molar-refractivity contribution in [2.45, 2.75) is 26.7 Å². The summed E-state index contributed by atoms with van der Waals surface area (Å²) >= 11 is 0. The molecule has 0 aliphatic rings. The van der Waals surface area contributed by atoms with Crippen LogP contribution in [-0.4, -0.2) is 10.2 Å². The van der Waals surface area contributed by atoms with Crippen LogP contribution >= 0.6 is 0 Å². The number of phenols is 2. The second-order valence-electron chi connectivity index (χ2n) is 5.37. The molecule has 0 radical (unpaired) electrons. The zero-order valence-corrected chi connectivity index (χ0v) is 11.4. The van der Waals surface area contributed by atoms with Gasteiger partial charge in [0.2, 0.25) is 0 Å². The molecule has 2 nitrogen and oxygen atoms in total. The predicted octanol–water partition coefficient (Wildman–Crippen LogP) is 3.89. The van der Waals surface area contributed by atoms with Gasteiger partial charge in [-0.15, -0.1) is 0 Å². The van der Waals surface area contributed by atoms with Crippen molar-refractivity contribution in [3.63, 3.8) is 0 Å². The zero-order chi connectivity index (χ0) is 13.8. The fourth-order valence-electron chi connectivity index (χ4n) is 2.23. The quantitative estimate of drug-likeness (QED) is 0.871. The molecule has 19 heavy (non-hydrogen) atoms. The highest BCUT2D eigenvalue weighted by Gasteiger charge is 2.07. The van der Waals surface area contributed by atoms with Crippen LogP contribution in [0.25, 0.3) is 0 Å². The Balaban J connectivity index is 2.24. The van der Waals surface area contributed by atoms with Crippen molar-refractivity contribution in [1.82, 2.24) is 0 Å². The topological polar surface area (TPSA) is 40.5 Å². The molecule has 0 atom stereocenters. The van der Waals surface area contributed by atoms with Crippen molar-refractivity contribution >= 4 is 0 Å². The monoisotopic (exact) mass is 256 g/mol. The van der Waals surface area contributed by atoms with Gasteiger partial charge in [0.05, 0.1) is 0 Å². The third kappa shape index (κ3) is 3.50. The maximum atomic E-state index is 9.86. The van der Waals surface area contributed by atoms with Crippen molar-refractivity contribution in [3.05, 3.63) is 59.2 Å². The number of hydrogen-bond acceptors (Lipinski definition) is 2. The molecule has 0 saturated carbocycles. The molecule has 0 saturated heterocycles. The molecule has 0 aliphatic carbocycles. The van der Waals surface area contributed by atoms with Gasteiger partial charge in [-0.1, -0.05) is 44.2 Å². The summed E-state index contributed by atoms with van der Waals surface area (Å²) in [5.74, 6) is 1.18. The van der Waals surface area contributed by atoms with Gasteiger partial charge in [-0.3, -0.25) is 0 Å². The van der Waals surface area contributed by atoms with E-state index in [9.17, 15) is 10.2 Å². The van der Waals surface area contributed by atoms with E-state index in [2.05, 4.69) is 13.8 Å². The Morgan fingerprint density at radius 3 is 2.26 bits per heavy atom. The number of para-hydroxylation sites is 1. The highest BCUT2D eigenvalue weighted by Crippen LogP contribution is 2.25. The molecule has 0 bridgehead atoms. The lowest BCUT2D eigenvalue weighted by Crippen LogP contribution is -1.97. The Labute approximate surface area is 114 Å². The van der Waals surface area contributed by atoms with Gasteiger partial charge in [-0.25, -0.2) is 0 Å². The minimum atomic E-state index is 0.320. The van der Waals surface area contributed by atoms with Gasteiger partial charge in [-0.2, -0.15) is 0 Å². The van der Waals surface area contributed by atoms with Gasteiger partial charge in [0, 0.05) is 6.42 Å². The molecule has 0 aromatic heterocycles. The predicted molar refractivity (Wildman–Crippen MR) is 77.6 cm³/mol. The summed E-state index contributed by atoms with van der Waals surface area (Å²) in [5.41, 5.74) is 2.99. The molecule has 0 unspecified atom stereocenters. The summed E-state index contributed by atoms with van der Waals surface area (Å²) in [6.07, 6.45) is 1.54. The van der Waals surface area contributed by atoms with E-state index in [0.717, 1.165) is 23.1 Å². The maximum absolute atomic E-state index is 9.86. The lowest BCUT2D eigenvalue weighted by Gasteiger charge is -2.10. The summed E-state index contributed by atoms with van der Waals surface area (Å²) in [7, 11) is 0. The molecule has 2 rings (SSSR count). The van der Waals surface area contributed by atoms with Crippen LogP contribution in [-0.2, 0) is 12.8 Å². The van der Waals surface area contributed by atoms with E-state index in [0.29, 0.717) is 23.8 Å². The van der Waals surface area contributed by atoms with Crippen LogP contribution in [0.2, 0.25) is 0 Å². The molecular weight excluding hydrogens is 236 g/mol. The van der Waals surface area contributed by atoms with Crippen LogP contribution in [0, 0.1) is 5.92 Å². The maximum Gasteiger partial charge on any atom is 0.119 e. The second-order valence-corrected chi connectivity index (χ2v) is 5.37. The third-order valence-corrected chi connectivity index (χ3v) is 3.16. The van der Waals surface area contributed by atoms with Crippen molar-refractivity contribution in [1.29, 1.82) is 0 Å². The SMILES string of the molecule is CC(C)Cc1cc(Cc2ccccc2O)ccc1O. The molecule has 2 aromatic carbocycles. The Morgan fingerprint density at radius 2 is 1.58 bits per heavy atom. The molecule has 0 aliphatic heterocycles. The van der Waals surface area contributed by atoms with Gasteiger partial charge in [0.1, 0.15) is 11.5 Å². The number of rotatable bonds is 4. The Morgan fingerprint density at radius 1 is 0.895 bits per heavy atom. The molecule has 2 N–H and O–H groups in total. The van der Waals surface area contributed by atoms with Crippen molar-refractivity contribution in [2.24, 2.45) is 5.92 Å². The van der Waals surface area contributed by atoms with E-state index in [1.165, 1.54) is 0 Å². The lowest BCUT2D eigenvalue weighted by molar-refractivity contribution is 0.462. The minimum Gasteiger partial charge on any atom is -0.508 e. The molecule has 0 heterocycles. The van der Waals surface area contributed by atoms with Gasteiger partial charge in [0.25, 0.3) is 0 Å². The standard InChI is InChI=1S/C17H20O2/c1-12(2)9-15-11-13(7-8-17(15)19)10-14-5-3-4-6-16(14)18/h3-8,11-12,18-19H,9-10H2,1-2H3. The number of benzene rings is 2. The van der Waals surface area contributed by atoms with Crippen molar-refractivity contribution < 1.29 is 10.2 Å². The largest absolute Gasteiger partial charge is 0.508 e. The highest BCUT2D eigenvalue weighted by molar-refractivity contribution is 5.41. The van der Waals surface area contributed by atoms with Crippen LogP contribution in [0.1, 0.15) is 30.5 Å². The summed E-state index contributed by atoms with van der Waals surface area (Å²) in [4.78, 5) is 0. The Hall–Kier alpha value is -1.96. The molecule has 0 amide bonds. The number of aromatic hydroxyl groups is 2. The number of hydrogen-bond donors (Lipinski definition) is 2. The van der Waals surface area contributed by atoms with Gasteiger partial charge >= 0.3 is 0 Å². The average Bonchev–Trinajstić information content (AvgIpc) is 2.35. The first-order chi connectivity index (χ1) is 9.06. The first-order valence-electron chi connectivity index (χ1n) is 6.64. The molecule has 0 spiro atoms. The molecule has 100 valence electrons. The van der Waals surface area contributed by atoms with E-state index >= 15 is 0 Å². The summed E-state index contributed by atoms with van der Waals surface area (Å²) in [5, 5.41) is 19.6. The minimum absolute atomic E-state index is 0.320. The molecule has 2 heteroatoms. The van der Waals surface area contributed by atoms with E-state index in [1.54, 1.807) is 12.1 Å². The fourth-order valence-corrected chi connectivity index (χ4v) is 2.23. The summed E-state index contributed by atoms with van der Waals surface area (Å²) < 4.78 is 0. The fraction of sp³-hybridized carbons (Fsp3) is 0.294. The Kier molecular flexibility index (Phi) is 4.10. The Bertz CT molecular complexity index is 559. The average molecular weight is 256 g/mol. The van der Waals surface area contributed by atoms with Crippen LogP contribution in [0.4, 0.5) is 0 Å². The summed E-state index contributed by atoms with van der Waals surface area (Å²) in [6.45, 7) is 4.27. The normalized spacial score (nSPS) is 10.9. The van der Waals surface area contributed by atoms with Gasteiger partial charge in [-0.05, 0) is 41.2 Å². The molecule has 2 aromatic rings. The number of phenolic OH excluding ortho intramolecular Hbond substituents is 2. The van der Waals surface area contributed by atoms with E-state index in [4.69, 9.17) is 0 Å². The second kappa shape index (κ2) is 5.79. The summed E-state index contributed by atoms with van der Waals surface area (Å²) in [6, 6.07) is 13.0. The zero-order valence-electron chi connectivity index (χ0n) is 11.4. The van der Waals surface area contributed by atoms with Crippen LogP contribution < -0.4 is 0 Å². The van der Waals surface area contributed by atoms with Gasteiger partial charge < -0.3 is 10.2 Å². The smallest absolute Gasteiger partial charge is 0.119 e. The van der Waals surface area contributed by atoms with E-state index < -0.39 is 0 Å². The van der Waals surface area contributed by atoms with Gasteiger partial charge in [0.15, 0.2) is 0 Å².